The van der Waals surface area contributed by atoms with E-state index in [0.717, 1.165) is 16.8 Å². The molecule has 101 heavy (non-hydrogen) atoms. The van der Waals surface area contributed by atoms with Crippen LogP contribution in [0.3, 0.4) is 0 Å². The molecule has 0 aliphatic heterocycles. The Labute approximate surface area is 595 Å². The molecule has 0 bridgehead atoms. The predicted molar refractivity (Wildman–Crippen MR) is 367 cm³/mol. The highest BCUT2D eigenvalue weighted by molar-refractivity contribution is 7.85. The summed E-state index contributed by atoms with van der Waals surface area (Å²) in [7, 11) is -9.03. The molecule has 568 valence electrons. The van der Waals surface area contributed by atoms with Crippen LogP contribution in [-0.4, -0.2) is 159 Å². The molecular formula is C71H110N6O22S2. The summed E-state index contributed by atoms with van der Waals surface area (Å²) in [6.07, 6.45) is 3.06. The molecule has 0 radical (unpaired) electrons. The van der Waals surface area contributed by atoms with E-state index in [0.29, 0.717) is 6.42 Å². The van der Waals surface area contributed by atoms with Gasteiger partial charge in [0.2, 0.25) is 23.6 Å². The van der Waals surface area contributed by atoms with Gasteiger partial charge in [0.1, 0.15) is 26.6 Å². The van der Waals surface area contributed by atoms with E-state index in [1.54, 1.807) is 89.0 Å². The number of aliphatic hydroxyl groups is 4. The maximum absolute atomic E-state index is 15.0. The molecule has 4 amide bonds. The van der Waals surface area contributed by atoms with Gasteiger partial charge in [-0.2, -0.15) is 0 Å². The first-order valence-electron chi connectivity index (χ1n) is 34.6. The molecule has 0 aliphatic rings. The number of carbonyl (C=O) groups excluding carboxylic acids is 8. The van der Waals surface area contributed by atoms with E-state index >= 15 is 0 Å². The van der Waals surface area contributed by atoms with Gasteiger partial charge in [0.15, 0.2) is 37.9 Å². The molecule has 11 atom stereocenters. The third-order valence-corrected chi connectivity index (χ3v) is 20.8. The zero-order valence-electron chi connectivity index (χ0n) is 60.5. The van der Waals surface area contributed by atoms with Crippen molar-refractivity contribution in [1.29, 1.82) is 0 Å². The van der Waals surface area contributed by atoms with Crippen molar-refractivity contribution >= 4 is 67.7 Å². The predicted octanol–water partition coefficient (Wildman–Crippen LogP) is 4.29. The van der Waals surface area contributed by atoms with E-state index in [-0.39, 0.29) is 96.7 Å². The second-order valence-corrected chi connectivity index (χ2v) is 30.7. The molecule has 0 saturated carbocycles. The van der Waals surface area contributed by atoms with E-state index < -0.39 is 189 Å². The van der Waals surface area contributed by atoms with Crippen LogP contribution in [0.4, 0.5) is 0 Å². The molecular weight excluding hydrogens is 1350 g/mol. The van der Waals surface area contributed by atoms with Crippen LogP contribution in [0.2, 0.25) is 0 Å². The Bertz CT molecular complexity index is 3400. The third-order valence-electron chi connectivity index (χ3n) is 19.3. The number of aryl methyl sites for hydroxylation is 2. The summed E-state index contributed by atoms with van der Waals surface area (Å²) >= 11 is 0. The van der Waals surface area contributed by atoms with Crippen molar-refractivity contribution in [3.05, 3.63) is 96.1 Å². The number of hydrogen-bond acceptors (Lipinski definition) is 22. The first-order chi connectivity index (χ1) is 47.4. The molecule has 8 N–H and O–H groups in total. The highest BCUT2D eigenvalue weighted by Gasteiger charge is 2.51. The normalized spacial score (nSPS) is 16.6. The minimum absolute atomic E-state index is 0.0343. The average Bonchev–Trinajstić information content (AvgIpc) is 0.793. The number of nitrogens with one attached hydrogen (secondary N) is 4. The van der Waals surface area contributed by atoms with Crippen LogP contribution in [0.1, 0.15) is 188 Å². The molecule has 11 unspecified atom stereocenters. The maximum Gasteiger partial charge on any atom is 0.313 e. The Kier molecular flexibility index (Phi) is 36.0. The van der Waals surface area contributed by atoms with E-state index in [9.17, 15) is 84.7 Å². The largest absolute Gasteiger partial charge is 0.748 e. The van der Waals surface area contributed by atoms with Crippen LogP contribution in [0.25, 0.3) is 0 Å². The van der Waals surface area contributed by atoms with Crippen LogP contribution in [0, 0.1) is 45.3 Å². The smallest absolute Gasteiger partial charge is 0.313 e. The lowest BCUT2D eigenvalue weighted by molar-refractivity contribution is -0.705. The fourth-order valence-electron chi connectivity index (χ4n) is 14.2. The van der Waals surface area contributed by atoms with Crippen LogP contribution in [-0.2, 0) is 96.0 Å². The van der Waals surface area contributed by atoms with Crippen molar-refractivity contribution in [1.82, 2.24) is 21.3 Å². The minimum Gasteiger partial charge on any atom is -0.748 e. The molecule has 3 rings (SSSR count). The zero-order valence-corrected chi connectivity index (χ0v) is 62.1. The van der Waals surface area contributed by atoms with Gasteiger partial charge in [-0.15, -0.1) is 0 Å². The second kappa shape index (κ2) is 41.3. The summed E-state index contributed by atoms with van der Waals surface area (Å²) < 4.78 is 94.8. The monoisotopic (exact) mass is 1460 g/mol. The van der Waals surface area contributed by atoms with Crippen molar-refractivity contribution in [2.24, 2.45) is 45.3 Å². The highest BCUT2D eigenvalue weighted by atomic mass is 32.2. The molecule has 3 aromatic rings. The number of amides is 4. The quantitative estimate of drug-likeness (QED) is 0.0128. The number of carbonyl (C=O) groups is 8. The van der Waals surface area contributed by atoms with E-state index in [1.807, 2.05) is 54.8 Å². The minimum atomic E-state index is -4.53. The zero-order chi connectivity index (χ0) is 76.0. The fraction of sp³-hybridized carbons (Fsp3) is 0.662. The van der Waals surface area contributed by atoms with Crippen LogP contribution < -0.4 is 30.4 Å². The van der Waals surface area contributed by atoms with Crippen molar-refractivity contribution in [2.75, 3.05) is 64.9 Å². The summed E-state index contributed by atoms with van der Waals surface area (Å²) in [5.41, 5.74) is -5.48. The van der Waals surface area contributed by atoms with Gasteiger partial charge in [0.25, 0.3) is 0 Å². The standard InChI is InChI=1S/C71H110N6O22S2/c1-12-67(7,65(88)97-16-5)42-55(61(84)96-15-4)43-70(10,63(86)73-14-3)40-54(60(83)72-13-2)41-71(11,66(89)99-49-81)45-56(62(85)98-48-80)44-69(9,64(87)75-47-79)39-53(59(82)74-46-78)36-52(51-24-18-17-19-25-51)38-68(8,57-27-32-76(33-28-57)29-22-34-100(90,91)92)37-50(6)58-26-20-21-30-77(58)31-23-35-101(93,94)95/h17-21,24-28,30,32-33,50,52-56,78-81H,12-16,22-23,29,31,34-49H2,1-11H3,(H4-2,72,73,74,75,82,83,86,87,90,91,92,93,94,95). The second-order valence-electron chi connectivity index (χ2n) is 27.6. The van der Waals surface area contributed by atoms with Crippen LogP contribution in [0.5, 0.6) is 0 Å². The molecule has 30 heteroatoms. The van der Waals surface area contributed by atoms with Crippen molar-refractivity contribution < 1.29 is 113 Å². The molecule has 0 spiro atoms. The lowest BCUT2D eigenvalue weighted by Crippen LogP contribution is -2.48. The van der Waals surface area contributed by atoms with E-state index in [4.69, 9.17) is 18.9 Å². The highest BCUT2D eigenvalue weighted by Crippen LogP contribution is 2.49. The van der Waals surface area contributed by atoms with Gasteiger partial charge in [-0.05, 0) is 135 Å². The Hall–Kier alpha value is -7.06. The first kappa shape index (κ1) is 88.2. The van der Waals surface area contributed by atoms with Gasteiger partial charge in [-0.1, -0.05) is 71.0 Å². The molecule has 1 aromatic carbocycles. The number of esters is 4. The average molecular weight is 1460 g/mol. The number of aromatic nitrogens is 2. The molecule has 2 aromatic heterocycles. The van der Waals surface area contributed by atoms with Gasteiger partial charge >= 0.3 is 23.9 Å². The third kappa shape index (κ3) is 27.9. The maximum atomic E-state index is 15.0. The van der Waals surface area contributed by atoms with Crippen molar-refractivity contribution in [2.45, 2.75) is 190 Å². The van der Waals surface area contributed by atoms with Crippen LogP contribution in [0.15, 0.2) is 79.3 Å². The van der Waals surface area contributed by atoms with Gasteiger partial charge in [0, 0.05) is 90.3 Å². The van der Waals surface area contributed by atoms with Crippen LogP contribution >= 0.6 is 0 Å². The Morgan fingerprint density at radius 3 is 1.50 bits per heavy atom. The lowest BCUT2D eigenvalue weighted by Gasteiger charge is -2.40. The lowest BCUT2D eigenvalue weighted by atomic mass is 9.64. The van der Waals surface area contributed by atoms with Gasteiger partial charge in [-0.25, -0.2) is 26.0 Å². The van der Waals surface area contributed by atoms with E-state index in [1.165, 1.54) is 20.8 Å². The number of pyridine rings is 2. The molecule has 2 heterocycles. The summed E-state index contributed by atoms with van der Waals surface area (Å²) in [6.45, 7) is 14.5. The Morgan fingerprint density at radius 1 is 0.505 bits per heavy atom. The number of hydrogen-bond donors (Lipinski definition) is 8. The number of nitrogens with zero attached hydrogens (tertiary/aromatic N) is 2. The van der Waals surface area contributed by atoms with Crippen molar-refractivity contribution in [3.63, 3.8) is 0 Å². The van der Waals surface area contributed by atoms with Gasteiger partial charge in [0.05, 0.1) is 56.1 Å². The van der Waals surface area contributed by atoms with Crippen molar-refractivity contribution in [3.8, 4) is 0 Å². The Balaban J connectivity index is 2.37. The van der Waals surface area contributed by atoms with Gasteiger partial charge < -0.3 is 69.7 Å². The molecule has 28 nitrogen and oxygen atoms in total. The van der Waals surface area contributed by atoms with E-state index in [2.05, 4.69) is 21.3 Å². The molecule has 0 aliphatic carbocycles. The summed E-state index contributed by atoms with van der Waals surface area (Å²) in [6, 6.07) is 18.3. The Morgan fingerprint density at radius 2 is 0.980 bits per heavy atom. The molecule has 0 fully saturated rings. The topological polar surface area (TPSA) is 425 Å². The first-order valence-corrected chi connectivity index (χ1v) is 37.7. The molecule has 0 saturated heterocycles. The summed E-state index contributed by atoms with van der Waals surface area (Å²) in [4.78, 5) is 116. The number of rotatable bonds is 48. The van der Waals surface area contributed by atoms with Gasteiger partial charge in [-0.3, -0.25) is 38.4 Å². The summed E-state index contributed by atoms with van der Waals surface area (Å²) in [5, 5.41) is 51.7. The number of aliphatic hydroxyl groups excluding tert-OH is 4. The number of benzene rings is 1. The summed E-state index contributed by atoms with van der Waals surface area (Å²) in [5.74, 6) is -14.1. The number of ether oxygens (including phenoxy) is 4. The SMILES string of the molecule is CCNC(=O)C(CC(C)(CC(CC(C)(CC)C(=O)OCC)C(=O)OCC)C(=O)NCC)CC(C)(CC(CC(C)(CC(CC(CC(C)(CC(C)c1cccc[n+]1CCCS(=O)(=O)[O-])c1cc[n+](CCCS(=O)(=O)[O-])cc1)c1ccccc1)C(=O)NCO)C(=O)NCO)C(=O)OCO)C(=O)OCO. The fourth-order valence-corrected chi connectivity index (χ4v) is 15.2.